The first-order valence-electron chi connectivity index (χ1n) is 14.1. The number of nitrogens with zero attached hydrogens (tertiary/aromatic N) is 1. The van der Waals surface area contributed by atoms with Gasteiger partial charge in [-0.15, -0.1) is 0 Å². The van der Waals surface area contributed by atoms with Gasteiger partial charge in [0, 0.05) is 35.9 Å². The van der Waals surface area contributed by atoms with Gasteiger partial charge in [-0.25, -0.2) is 4.98 Å². The number of allylic oxidation sites excluding steroid dienone is 1. The number of fused-ring (bicyclic) bond motifs is 1. The van der Waals surface area contributed by atoms with Gasteiger partial charge >= 0.3 is 0 Å². The minimum absolute atomic E-state index is 0.121. The molecule has 1 aromatic heterocycles. The van der Waals surface area contributed by atoms with Crippen LogP contribution in [-0.2, 0) is 9.53 Å². The van der Waals surface area contributed by atoms with Gasteiger partial charge in [0.25, 0.3) is 0 Å². The molecule has 1 unspecified atom stereocenters. The summed E-state index contributed by atoms with van der Waals surface area (Å²) in [5.41, 5.74) is 6.77. The number of amides is 1. The largest absolute Gasteiger partial charge is 0.486 e. The molecule has 4 aromatic rings. The average molecular weight is 548 g/mol. The van der Waals surface area contributed by atoms with E-state index in [0.717, 1.165) is 76.0 Å². The minimum atomic E-state index is -0.121. The molecule has 0 aliphatic carbocycles. The molecule has 0 spiro atoms. The third-order valence-electron chi connectivity index (χ3n) is 7.22. The van der Waals surface area contributed by atoms with E-state index in [1.807, 2.05) is 61.5 Å². The van der Waals surface area contributed by atoms with Gasteiger partial charge in [0.05, 0.1) is 17.5 Å². The molecule has 3 aromatic carbocycles. The van der Waals surface area contributed by atoms with Crippen LogP contribution in [-0.4, -0.2) is 48.3 Å². The van der Waals surface area contributed by atoms with Crippen molar-refractivity contribution in [3.8, 4) is 45.4 Å². The molecule has 0 radical (unpaired) electrons. The summed E-state index contributed by atoms with van der Waals surface area (Å²) >= 11 is 0. The third-order valence-corrected chi connectivity index (χ3v) is 7.22. The first-order valence-corrected chi connectivity index (χ1v) is 14.1. The number of hydrogen-bond donors (Lipinski definition) is 2. The molecule has 1 atom stereocenters. The average Bonchev–Trinajstić information content (AvgIpc) is 3.71. The first-order chi connectivity index (χ1) is 20.2. The molecule has 2 N–H and O–H groups in total. The summed E-state index contributed by atoms with van der Waals surface area (Å²) < 4.78 is 17.1. The third kappa shape index (κ3) is 6.26. The van der Waals surface area contributed by atoms with Crippen LogP contribution in [0.4, 0.5) is 0 Å². The molecular weight excluding hydrogens is 514 g/mol. The van der Waals surface area contributed by atoms with Crippen LogP contribution >= 0.6 is 0 Å². The number of rotatable bonds is 8. The van der Waals surface area contributed by atoms with E-state index in [2.05, 4.69) is 40.6 Å². The Kier molecular flexibility index (Phi) is 7.96. The lowest BCUT2D eigenvalue weighted by Crippen LogP contribution is -2.30. The second kappa shape index (κ2) is 12.3. The standard InChI is InChI=1S/C34H33N3O4/c1-2-4-23-6-11-25(12-7-23)32-33(37-34(36-32)27-15-16-29-30(21-27)41-20-19-40-29)26-13-8-24(9-14-26)10-17-31(38)35-22-28-5-3-18-39-28/h2,4,6-17,21,28H,3,5,18-20,22H2,1H3,(H,35,38)(H,36,37)/b4-2+,17-10+. The van der Waals surface area contributed by atoms with Crippen LogP contribution < -0.4 is 14.8 Å². The fourth-order valence-corrected chi connectivity index (χ4v) is 5.07. The van der Waals surface area contributed by atoms with Crippen molar-refractivity contribution in [2.75, 3.05) is 26.4 Å². The SMILES string of the molecule is C/C=C/c1ccc(-c2[nH]c(-c3ccc4c(c3)OCCO4)nc2-c2ccc(/C=C/C(=O)NCC3CCCO3)cc2)cc1. The van der Waals surface area contributed by atoms with E-state index in [9.17, 15) is 4.79 Å². The Morgan fingerprint density at radius 1 is 0.902 bits per heavy atom. The van der Waals surface area contributed by atoms with E-state index in [1.54, 1.807) is 6.08 Å². The maximum Gasteiger partial charge on any atom is 0.244 e. The van der Waals surface area contributed by atoms with E-state index in [1.165, 1.54) is 0 Å². The molecule has 3 heterocycles. The lowest BCUT2D eigenvalue weighted by Gasteiger charge is -2.18. The number of ether oxygens (including phenoxy) is 3. The van der Waals surface area contributed by atoms with Gasteiger partial charge in [0.2, 0.25) is 5.91 Å². The Bertz CT molecular complexity index is 1560. The molecule has 1 fully saturated rings. The van der Waals surface area contributed by atoms with Crippen LogP contribution in [0.5, 0.6) is 11.5 Å². The molecule has 2 aliphatic heterocycles. The molecule has 1 saturated heterocycles. The van der Waals surface area contributed by atoms with Crippen molar-refractivity contribution >= 4 is 18.1 Å². The minimum Gasteiger partial charge on any atom is -0.486 e. The number of H-pyrrole nitrogens is 1. The summed E-state index contributed by atoms with van der Waals surface area (Å²) in [5, 5.41) is 2.92. The van der Waals surface area contributed by atoms with Gasteiger partial charge < -0.3 is 24.5 Å². The first kappa shape index (κ1) is 26.6. The zero-order valence-corrected chi connectivity index (χ0v) is 23.1. The zero-order chi connectivity index (χ0) is 28.0. The second-order valence-corrected chi connectivity index (χ2v) is 10.1. The zero-order valence-electron chi connectivity index (χ0n) is 23.1. The molecular formula is C34H33N3O4. The van der Waals surface area contributed by atoms with Gasteiger partial charge in [0.1, 0.15) is 19.0 Å². The van der Waals surface area contributed by atoms with E-state index in [0.29, 0.717) is 19.8 Å². The number of imidazole rings is 1. The lowest BCUT2D eigenvalue weighted by atomic mass is 10.0. The van der Waals surface area contributed by atoms with E-state index >= 15 is 0 Å². The van der Waals surface area contributed by atoms with Crippen molar-refractivity contribution < 1.29 is 19.0 Å². The van der Waals surface area contributed by atoms with Gasteiger partial charge in [0.15, 0.2) is 11.5 Å². The van der Waals surface area contributed by atoms with Crippen LogP contribution in [0.1, 0.15) is 30.9 Å². The van der Waals surface area contributed by atoms with Crippen LogP contribution in [0, 0.1) is 0 Å². The van der Waals surface area contributed by atoms with Crippen molar-refractivity contribution in [1.29, 1.82) is 0 Å². The van der Waals surface area contributed by atoms with Crippen LogP contribution in [0.25, 0.3) is 46.1 Å². The monoisotopic (exact) mass is 547 g/mol. The molecule has 208 valence electrons. The van der Waals surface area contributed by atoms with Crippen LogP contribution in [0.15, 0.2) is 78.9 Å². The Labute approximate surface area is 239 Å². The van der Waals surface area contributed by atoms with Crippen molar-refractivity contribution in [3.63, 3.8) is 0 Å². The summed E-state index contributed by atoms with van der Waals surface area (Å²) in [6.45, 7) is 4.42. The van der Waals surface area contributed by atoms with Crippen LogP contribution in [0.2, 0.25) is 0 Å². The lowest BCUT2D eigenvalue weighted by molar-refractivity contribution is -0.116. The Morgan fingerprint density at radius 2 is 1.61 bits per heavy atom. The number of nitrogens with one attached hydrogen (secondary N) is 2. The number of hydrogen-bond acceptors (Lipinski definition) is 5. The molecule has 7 nitrogen and oxygen atoms in total. The van der Waals surface area contributed by atoms with Gasteiger partial charge in [-0.05, 0) is 55.2 Å². The molecule has 41 heavy (non-hydrogen) atoms. The van der Waals surface area contributed by atoms with Crippen molar-refractivity contribution in [1.82, 2.24) is 15.3 Å². The highest BCUT2D eigenvalue weighted by Crippen LogP contribution is 2.37. The summed E-state index contributed by atoms with van der Waals surface area (Å²) in [5.74, 6) is 2.09. The Balaban J connectivity index is 1.27. The van der Waals surface area contributed by atoms with Crippen molar-refractivity contribution in [2.45, 2.75) is 25.9 Å². The molecule has 1 amide bonds. The predicted molar refractivity (Wildman–Crippen MR) is 162 cm³/mol. The van der Waals surface area contributed by atoms with E-state index in [4.69, 9.17) is 19.2 Å². The summed E-state index contributed by atoms with van der Waals surface area (Å²) in [4.78, 5) is 20.9. The fraction of sp³-hybridized carbons (Fsp3) is 0.235. The number of carbonyl (C=O) groups is 1. The second-order valence-electron chi connectivity index (χ2n) is 10.1. The topological polar surface area (TPSA) is 85.5 Å². The summed E-state index contributed by atoms with van der Waals surface area (Å²) in [6, 6.07) is 22.3. The van der Waals surface area contributed by atoms with Gasteiger partial charge in [-0.1, -0.05) is 60.7 Å². The number of aromatic nitrogens is 2. The fourth-order valence-electron chi connectivity index (χ4n) is 5.07. The maximum absolute atomic E-state index is 12.3. The highest BCUT2D eigenvalue weighted by Gasteiger charge is 2.19. The molecule has 7 heteroatoms. The molecule has 6 rings (SSSR count). The van der Waals surface area contributed by atoms with Crippen LogP contribution in [0.3, 0.4) is 0 Å². The predicted octanol–water partition coefficient (Wildman–Crippen LogP) is 6.52. The summed E-state index contributed by atoms with van der Waals surface area (Å²) in [7, 11) is 0. The van der Waals surface area contributed by atoms with E-state index < -0.39 is 0 Å². The maximum atomic E-state index is 12.3. The molecule has 0 bridgehead atoms. The number of carbonyl (C=O) groups excluding carboxylic acids is 1. The Morgan fingerprint density at radius 3 is 2.34 bits per heavy atom. The van der Waals surface area contributed by atoms with Gasteiger partial charge in [-0.3, -0.25) is 4.79 Å². The van der Waals surface area contributed by atoms with Crippen molar-refractivity contribution in [3.05, 3.63) is 90.0 Å². The highest BCUT2D eigenvalue weighted by molar-refractivity contribution is 5.92. The number of aromatic amines is 1. The number of benzene rings is 3. The summed E-state index contributed by atoms with van der Waals surface area (Å²) in [6.07, 6.45) is 9.67. The normalized spacial score (nSPS) is 16.5. The molecule has 0 saturated carbocycles. The van der Waals surface area contributed by atoms with Crippen molar-refractivity contribution in [2.24, 2.45) is 0 Å². The molecule has 2 aliphatic rings. The van der Waals surface area contributed by atoms with E-state index in [-0.39, 0.29) is 12.0 Å². The highest BCUT2D eigenvalue weighted by atomic mass is 16.6. The Hall–Kier alpha value is -4.62. The van der Waals surface area contributed by atoms with Gasteiger partial charge in [-0.2, -0.15) is 0 Å². The quantitative estimate of drug-likeness (QED) is 0.245. The smallest absolute Gasteiger partial charge is 0.244 e.